The van der Waals surface area contributed by atoms with Crippen molar-refractivity contribution in [1.29, 1.82) is 0 Å². The van der Waals surface area contributed by atoms with Crippen molar-refractivity contribution in [2.45, 2.75) is 6.92 Å². The highest BCUT2D eigenvalue weighted by atomic mass is 35.5. The fraction of sp³-hybridized carbons (Fsp3) is 0.0588. The number of nitro benzene ring substituents is 1. The van der Waals surface area contributed by atoms with E-state index in [1.54, 1.807) is 6.08 Å². The zero-order valence-corrected chi connectivity index (χ0v) is 13.3. The van der Waals surface area contributed by atoms with Crippen LogP contribution >= 0.6 is 11.6 Å². The van der Waals surface area contributed by atoms with Crippen LogP contribution in [0.3, 0.4) is 0 Å². The van der Waals surface area contributed by atoms with Gasteiger partial charge in [0.05, 0.1) is 4.92 Å². The minimum Gasteiger partial charge on any atom is -0.402 e. The quantitative estimate of drug-likeness (QED) is 0.366. The monoisotopic (exact) mass is 342 g/mol. The molecule has 24 heavy (non-hydrogen) atoms. The molecule has 0 N–H and O–H groups in total. The first-order valence-corrected chi connectivity index (χ1v) is 7.35. The van der Waals surface area contributed by atoms with Crippen LogP contribution < -0.4 is 0 Å². The topological polar surface area (TPSA) is 81.8 Å². The highest BCUT2D eigenvalue weighted by Crippen LogP contribution is 2.27. The van der Waals surface area contributed by atoms with E-state index in [1.165, 1.54) is 18.2 Å². The van der Waals surface area contributed by atoms with Crippen molar-refractivity contribution in [3.05, 3.63) is 80.0 Å². The van der Waals surface area contributed by atoms with Gasteiger partial charge in [0.25, 0.3) is 5.69 Å². The predicted molar refractivity (Wildman–Crippen MR) is 89.9 cm³/mol. The first-order valence-electron chi connectivity index (χ1n) is 6.97. The number of aryl methyl sites for hydroxylation is 1. The normalized spacial score (nSPS) is 15.3. The Hall–Kier alpha value is -2.99. The van der Waals surface area contributed by atoms with E-state index >= 15 is 0 Å². The van der Waals surface area contributed by atoms with Gasteiger partial charge in [-0.1, -0.05) is 41.4 Å². The molecule has 2 aromatic carbocycles. The largest absolute Gasteiger partial charge is 0.402 e. The summed E-state index contributed by atoms with van der Waals surface area (Å²) >= 11 is 5.78. The molecule has 0 unspecified atom stereocenters. The van der Waals surface area contributed by atoms with Gasteiger partial charge in [0.1, 0.15) is 5.02 Å². The number of carbonyl (C=O) groups is 1. The molecule has 0 amide bonds. The van der Waals surface area contributed by atoms with E-state index in [9.17, 15) is 14.9 Å². The van der Waals surface area contributed by atoms with Gasteiger partial charge in [0, 0.05) is 11.6 Å². The van der Waals surface area contributed by atoms with Crippen molar-refractivity contribution in [3.63, 3.8) is 0 Å². The molecule has 0 saturated carbocycles. The van der Waals surface area contributed by atoms with Gasteiger partial charge in [-0.3, -0.25) is 10.1 Å². The average molecular weight is 343 g/mol. The maximum absolute atomic E-state index is 12.0. The van der Waals surface area contributed by atoms with Crippen LogP contribution in [0, 0.1) is 17.0 Å². The van der Waals surface area contributed by atoms with Gasteiger partial charge in [-0.05, 0) is 30.7 Å². The molecule has 3 rings (SSSR count). The summed E-state index contributed by atoms with van der Waals surface area (Å²) < 4.78 is 5.11. The third-order valence-electron chi connectivity index (χ3n) is 3.36. The fourth-order valence-electron chi connectivity index (χ4n) is 2.24. The molecule has 0 radical (unpaired) electrons. The number of cyclic esters (lactones) is 1. The highest BCUT2D eigenvalue weighted by molar-refractivity contribution is 6.32. The minimum absolute atomic E-state index is 0.00389. The Morgan fingerprint density at radius 3 is 2.75 bits per heavy atom. The van der Waals surface area contributed by atoms with Gasteiger partial charge in [-0.25, -0.2) is 9.79 Å². The molecule has 0 atom stereocenters. The van der Waals surface area contributed by atoms with Crippen molar-refractivity contribution in [2.24, 2.45) is 4.99 Å². The van der Waals surface area contributed by atoms with Gasteiger partial charge in [0.2, 0.25) is 5.90 Å². The van der Waals surface area contributed by atoms with Crippen LogP contribution in [0.4, 0.5) is 5.69 Å². The zero-order chi connectivity index (χ0) is 17.3. The van der Waals surface area contributed by atoms with E-state index in [4.69, 9.17) is 16.3 Å². The van der Waals surface area contributed by atoms with Crippen LogP contribution in [0.2, 0.25) is 5.02 Å². The molecular formula is C17H11ClN2O4. The number of aliphatic imine (C=N–C) groups is 1. The number of benzene rings is 2. The smallest absolute Gasteiger partial charge is 0.363 e. The summed E-state index contributed by atoms with van der Waals surface area (Å²) in [7, 11) is 0. The second kappa shape index (κ2) is 6.25. The lowest BCUT2D eigenvalue weighted by Gasteiger charge is -2.00. The molecule has 0 bridgehead atoms. The van der Waals surface area contributed by atoms with Crippen LogP contribution in [0.1, 0.15) is 16.7 Å². The number of carbonyl (C=O) groups excluding carboxylic acids is 1. The molecule has 0 spiro atoms. The summed E-state index contributed by atoms with van der Waals surface area (Å²) in [6.07, 6.45) is 1.60. The summed E-state index contributed by atoms with van der Waals surface area (Å²) in [6.45, 7) is 1.94. The van der Waals surface area contributed by atoms with E-state index < -0.39 is 10.9 Å². The number of halogens is 1. The van der Waals surface area contributed by atoms with Crippen molar-refractivity contribution < 1.29 is 14.5 Å². The Bertz CT molecular complexity index is 919. The SMILES string of the molecule is Cc1cccc(/C=C2\N=C(c3ccc(Cl)c([N+](=O)[O-])c3)OC2=O)c1. The molecule has 0 aliphatic carbocycles. The van der Waals surface area contributed by atoms with Crippen molar-refractivity contribution in [3.8, 4) is 0 Å². The molecule has 0 saturated heterocycles. The Labute approximate surface area is 142 Å². The number of nitro groups is 1. The van der Waals surface area contributed by atoms with Gasteiger partial charge < -0.3 is 4.74 Å². The van der Waals surface area contributed by atoms with E-state index in [0.717, 1.165) is 11.1 Å². The van der Waals surface area contributed by atoms with Gasteiger partial charge in [0.15, 0.2) is 5.70 Å². The number of esters is 1. The van der Waals surface area contributed by atoms with Crippen molar-refractivity contribution >= 4 is 35.2 Å². The lowest BCUT2D eigenvalue weighted by Crippen LogP contribution is -2.06. The third-order valence-corrected chi connectivity index (χ3v) is 3.68. The summed E-state index contributed by atoms with van der Waals surface area (Å²) in [4.78, 5) is 26.5. The molecule has 2 aromatic rings. The second-order valence-electron chi connectivity index (χ2n) is 5.17. The van der Waals surface area contributed by atoms with E-state index in [1.807, 2.05) is 31.2 Å². The predicted octanol–water partition coefficient (Wildman–Crippen LogP) is 3.90. The Balaban J connectivity index is 1.98. The fourth-order valence-corrected chi connectivity index (χ4v) is 2.42. The second-order valence-corrected chi connectivity index (χ2v) is 5.58. The average Bonchev–Trinajstić information content (AvgIpc) is 2.88. The first-order chi connectivity index (χ1) is 11.4. The summed E-state index contributed by atoms with van der Waals surface area (Å²) in [5.74, 6) is -0.595. The van der Waals surface area contributed by atoms with Crippen LogP contribution in [-0.4, -0.2) is 16.8 Å². The maximum Gasteiger partial charge on any atom is 0.363 e. The molecule has 120 valence electrons. The van der Waals surface area contributed by atoms with E-state index in [0.29, 0.717) is 5.56 Å². The van der Waals surface area contributed by atoms with E-state index in [2.05, 4.69) is 4.99 Å². The van der Waals surface area contributed by atoms with Gasteiger partial charge >= 0.3 is 5.97 Å². The third kappa shape index (κ3) is 3.18. The van der Waals surface area contributed by atoms with Crippen LogP contribution in [0.15, 0.2) is 53.2 Å². The lowest BCUT2D eigenvalue weighted by molar-refractivity contribution is -0.384. The lowest BCUT2D eigenvalue weighted by atomic mass is 10.1. The Morgan fingerprint density at radius 1 is 1.25 bits per heavy atom. The molecule has 1 aliphatic heterocycles. The van der Waals surface area contributed by atoms with Crippen LogP contribution in [-0.2, 0) is 9.53 Å². The Morgan fingerprint density at radius 2 is 2.04 bits per heavy atom. The molecule has 0 fully saturated rings. The zero-order valence-electron chi connectivity index (χ0n) is 12.5. The van der Waals surface area contributed by atoms with Gasteiger partial charge in [-0.2, -0.15) is 0 Å². The molecule has 6 nitrogen and oxygen atoms in total. The van der Waals surface area contributed by atoms with Crippen LogP contribution in [0.5, 0.6) is 0 Å². The highest BCUT2D eigenvalue weighted by Gasteiger charge is 2.26. The van der Waals surface area contributed by atoms with Crippen LogP contribution in [0.25, 0.3) is 6.08 Å². The van der Waals surface area contributed by atoms with Gasteiger partial charge in [-0.15, -0.1) is 0 Å². The molecule has 0 aromatic heterocycles. The maximum atomic E-state index is 12.0. The number of hydrogen-bond acceptors (Lipinski definition) is 5. The number of ether oxygens (including phenoxy) is 1. The first kappa shape index (κ1) is 15.9. The number of rotatable bonds is 3. The molecular weight excluding hydrogens is 332 g/mol. The molecule has 7 heteroatoms. The minimum atomic E-state index is -0.607. The standard InChI is InChI=1S/C17H11ClN2O4/c1-10-3-2-4-11(7-10)8-14-17(21)24-16(19-14)12-5-6-13(18)15(9-12)20(22)23/h2-9H,1H3/b14-8-. The molecule has 1 aliphatic rings. The molecule has 1 heterocycles. The summed E-state index contributed by atoms with van der Waals surface area (Å²) in [5, 5.41) is 11.0. The van der Waals surface area contributed by atoms with Crippen molar-refractivity contribution in [1.82, 2.24) is 0 Å². The number of nitrogens with zero attached hydrogens (tertiary/aromatic N) is 2. The summed E-state index contributed by atoms with van der Waals surface area (Å²) in [6, 6.07) is 11.7. The van der Waals surface area contributed by atoms with Crippen molar-refractivity contribution in [2.75, 3.05) is 0 Å². The Kier molecular flexibility index (Phi) is 4.14. The summed E-state index contributed by atoms with van der Waals surface area (Å²) in [5.41, 5.74) is 2.03. The van der Waals surface area contributed by atoms with E-state index in [-0.39, 0.29) is 22.3 Å². The number of hydrogen-bond donors (Lipinski definition) is 0.